The van der Waals surface area contributed by atoms with Crippen LogP contribution in [0.4, 0.5) is 0 Å². The molecule has 0 aliphatic rings. The predicted molar refractivity (Wildman–Crippen MR) is 28.0 cm³/mol. The van der Waals surface area contributed by atoms with E-state index in [9.17, 15) is 4.79 Å². The highest BCUT2D eigenvalue weighted by molar-refractivity contribution is 5.95. The standard InChI is InChI=1S/C5H5NO2/c1-4(7)3-5(8)6-2/h3,7H,1H3. The van der Waals surface area contributed by atoms with Crippen LogP contribution in [0.2, 0.25) is 0 Å². The van der Waals surface area contributed by atoms with Crippen molar-refractivity contribution in [1.29, 1.82) is 0 Å². The largest absolute Gasteiger partial charge is 0.514 e. The number of hydrogen-bond acceptors (Lipinski definition) is 2. The molecule has 42 valence electrons. The lowest BCUT2D eigenvalue weighted by atomic mass is 10.5. The maximum absolute atomic E-state index is 10.0. The fraction of sp³-hybridized carbons (Fsp3) is 0.200. The summed E-state index contributed by atoms with van der Waals surface area (Å²) in [6.45, 7) is 7.46. The van der Waals surface area contributed by atoms with Crippen LogP contribution in [0.25, 0.3) is 4.85 Å². The van der Waals surface area contributed by atoms with E-state index < -0.39 is 5.91 Å². The zero-order valence-electron chi connectivity index (χ0n) is 4.38. The normalized spacial score (nSPS) is 10.2. The van der Waals surface area contributed by atoms with Gasteiger partial charge in [-0.25, -0.2) is 0 Å². The average Bonchev–Trinajstić information content (AvgIpc) is 1.65. The second kappa shape index (κ2) is 2.80. The van der Waals surface area contributed by atoms with Crippen LogP contribution in [-0.4, -0.2) is 11.0 Å². The third-order valence-corrected chi connectivity index (χ3v) is 0.443. The van der Waals surface area contributed by atoms with Gasteiger partial charge in [0.25, 0.3) is 0 Å². The average molecular weight is 111 g/mol. The topological polar surface area (TPSA) is 41.7 Å². The minimum Gasteiger partial charge on any atom is -0.514 e. The number of hydrogen-bond donors (Lipinski definition) is 1. The van der Waals surface area contributed by atoms with E-state index in [1.165, 1.54) is 6.92 Å². The molecule has 0 fully saturated rings. The number of allylic oxidation sites excluding steroid dienone is 1. The highest BCUT2D eigenvalue weighted by Gasteiger charge is 1.90. The van der Waals surface area contributed by atoms with E-state index in [4.69, 9.17) is 11.7 Å². The summed E-state index contributed by atoms with van der Waals surface area (Å²) < 4.78 is 0. The van der Waals surface area contributed by atoms with Crippen molar-refractivity contribution < 1.29 is 9.90 Å². The zero-order valence-corrected chi connectivity index (χ0v) is 4.38. The Morgan fingerprint density at radius 2 is 2.38 bits per heavy atom. The zero-order chi connectivity index (χ0) is 6.57. The van der Waals surface area contributed by atoms with E-state index in [0.717, 1.165) is 6.08 Å². The molecule has 0 rings (SSSR count). The molecule has 0 atom stereocenters. The third kappa shape index (κ3) is 2.91. The first kappa shape index (κ1) is 6.70. The Bertz CT molecular complexity index is 160. The summed E-state index contributed by atoms with van der Waals surface area (Å²) in [5, 5.41) is 8.35. The van der Waals surface area contributed by atoms with Crippen molar-refractivity contribution in [2.45, 2.75) is 6.92 Å². The summed E-state index contributed by atoms with van der Waals surface area (Å²) in [4.78, 5) is 12.5. The molecule has 8 heavy (non-hydrogen) atoms. The molecule has 0 aromatic rings. The summed E-state index contributed by atoms with van der Waals surface area (Å²) in [6.07, 6.45) is 0.868. The van der Waals surface area contributed by atoms with E-state index in [1.807, 2.05) is 0 Å². The molecule has 3 heteroatoms. The van der Waals surface area contributed by atoms with Gasteiger partial charge in [0, 0.05) is 6.08 Å². The highest BCUT2D eigenvalue weighted by atomic mass is 16.3. The molecule has 0 aliphatic heterocycles. The Hall–Kier alpha value is -1.30. The van der Waals surface area contributed by atoms with Crippen LogP contribution in [0, 0.1) is 6.57 Å². The summed E-state index contributed by atoms with van der Waals surface area (Å²) in [5.74, 6) is -0.879. The van der Waals surface area contributed by atoms with Gasteiger partial charge in [0.1, 0.15) is 0 Å². The molecule has 0 bridgehead atoms. The second-order valence-electron chi connectivity index (χ2n) is 1.24. The minimum atomic E-state index is -0.745. The van der Waals surface area contributed by atoms with Crippen molar-refractivity contribution >= 4 is 5.91 Å². The lowest BCUT2D eigenvalue weighted by Gasteiger charge is -1.79. The van der Waals surface area contributed by atoms with E-state index in [-0.39, 0.29) is 5.76 Å². The Morgan fingerprint density at radius 3 is 2.50 bits per heavy atom. The summed E-state index contributed by atoms with van der Waals surface area (Å²) in [7, 11) is 0. The number of carbonyl (C=O) groups excluding carboxylic acids is 1. The summed E-state index contributed by atoms with van der Waals surface area (Å²) in [5.41, 5.74) is 0. The van der Waals surface area contributed by atoms with Crippen molar-refractivity contribution in [3.63, 3.8) is 0 Å². The number of amides is 1. The maximum atomic E-state index is 10.0. The predicted octanol–water partition coefficient (Wildman–Crippen LogP) is 0.894. The number of rotatable bonds is 1. The number of aliphatic hydroxyl groups is 1. The molecule has 0 aliphatic carbocycles. The summed E-state index contributed by atoms with van der Waals surface area (Å²) >= 11 is 0. The molecule has 0 saturated carbocycles. The lowest BCUT2D eigenvalue weighted by molar-refractivity contribution is -0.110. The van der Waals surface area contributed by atoms with Gasteiger partial charge in [-0.1, -0.05) is 0 Å². The fourth-order valence-corrected chi connectivity index (χ4v) is 0.211. The van der Waals surface area contributed by atoms with Crippen LogP contribution < -0.4 is 0 Å². The van der Waals surface area contributed by atoms with Gasteiger partial charge in [0.15, 0.2) is 0 Å². The SMILES string of the molecule is [C-]#[N+]C(=O)C=C(C)O. The highest BCUT2D eigenvalue weighted by Crippen LogP contribution is 1.84. The Balaban J connectivity index is 3.95. The van der Waals surface area contributed by atoms with Gasteiger partial charge in [-0.15, -0.1) is 0 Å². The summed E-state index contributed by atoms with van der Waals surface area (Å²) in [6, 6.07) is 0. The number of carbonyl (C=O) groups is 1. The first-order valence-corrected chi connectivity index (χ1v) is 1.95. The molecule has 3 nitrogen and oxygen atoms in total. The van der Waals surface area contributed by atoms with Gasteiger partial charge in [-0.3, -0.25) is 0 Å². The molecule has 0 aromatic heterocycles. The first-order valence-electron chi connectivity index (χ1n) is 1.95. The van der Waals surface area contributed by atoms with Crippen LogP contribution in [-0.2, 0) is 4.79 Å². The molecular formula is C5H5NO2. The molecule has 0 aromatic carbocycles. The van der Waals surface area contributed by atoms with Gasteiger partial charge in [-0.2, -0.15) is 4.85 Å². The van der Waals surface area contributed by atoms with Gasteiger partial charge >= 0.3 is 5.91 Å². The van der Waals surface area contributed by atoms with Gasteiger partial charge in [0.05, 0.1) is 12.3 Å². The van der Waals surface area contributed by atoms with Crippen LogP contribution >= 0.6 is 0 Å². The van der Waals surface area contributed by atoms with Crippen molar-refractivity contribution in [1.82, 2.24) is 0 Å². The molecule has 1 N–H and O–H groups in total. The molecule has 1 amide bonds. The van der Waals surface area contributed by atoms with Crippen molar-refractivity contribution in [2.75, 3.05) is 0 Å². The van der Waals surface area contributed by atoms with Crippen LogP contribution in [0.3, 0.4) is 0 Å². The second-order valence-corrected chi connectivity index (χ2v) is 1.24. The maximum Gasteiger partial charge on any atom is 0.382 e. The van der Waals surface area contributed by atoms with E-state index >= 15 is 0 Å². The number of nitrogens with zero attached hydrogens (tertiary/aromatic N) is 1. The van der Waals surface area contributed by atoms with E-state index in [0.29, 0.717) is 0 Å². The van der Waals surface area contributed by atoms with Crippen molar-refractivity contribution in [3.05, 3.63) is 23.3 Å². The monoisotopic (exact) mass is 111 g/mol. The van der Waals surface area contributed by atoms with E-state index in [2.05, 4.69) is 4.85 Å². The Kier molecular flexibility index (Phi) is 2.35. The lowest BCUT2D eigenvalue weighted by Crippen LogP contribution is -1.82. The number of aliphatic hydroxyl groups excluding tert-OH is 1. The van der Waals surface area contributed by atoms with Gasteiger partial charge in [0.2, 0.25) is 0 Å². The quantitative estimate of drug-likeness (QED) is 0.310. The van der Waals surface area contributed by atoms with Gasteiger partial charge in [-0.05, 0) is 6.92 Å². The smallest absolute Gasteiger partial charge is 0.382 e. The van der Waals surface area contributed by atoms with Crippen molar-refractivity contribution in [3.8, 4) is 0 Å². The molecule has 0 heterocycles. The molecular weight excluding hydrogens is 106 g/mol. The van der Waals surface area contributed by atoms with Gasteiger partial charge < -0.3 is 9.90 Å². The van der Waals surface area contributed by atoms with Crippen LogP contribution in [0.5, 0.6) is 0 Å². The molecule has 0 unspecified atom stereocenters. The fourth-order valence-electron chi connectivity index (χ4n) is 0.211. The minimum absolute atomic E-state index is 0.133. The van der Waals surface area contributed by atoms with E-state index in [1.54, 1.807) is 0 Å². The molecule has 0 spiro atoms. The Labute approximate surface area is 47.1 Å². The van der Waals surface area contributed by atoms with Crippen molar-refractivity contribution in [2.24, 2.45) is 0 Å². The molecule has 0 radical (unpaired) electrons. The molecule has 0 saturated heterocycles. The Morgan fingerprint density at radius 1 is 1.88 bits per heavy atom. The first-order chi connectivity index (χ1) is 3.66. The van der Waals surface area contributed by atoms with Crippen LogP contribution in [0.15, 0.2) is 11.8 Å². The third-order valence-electron chi connectivity index (χ3n) is 0.443. The van der Waals surface area contributed by atoms with Crippen LogP contribution in [0.1, 0.15) is 6.92 Å².